The number of benzene rings is 1. The molecule has 0 atom stereocenters. The van der Waals surface area contributed by atoms with E-state index in [2.05, 4.69) is 0 Å². The molecule has 1 aliphatic heterocycles. The Kier molecular flexibility index (Phi) is 5.64. The fraction of sp³-hybridized carbons (Fsp3) is 0.562. The Morgan fingerprint density at radius 2 is 1.74 bits per heavy atom. The first-order valence-corrected chi connectivity index (χ1v) is 9.27. The fourth-order valence-electron chi connectivity index (χ4n) is 2.56. The van der Waals surface area contributed by atoms with Crippen LogP contribution >= 0.6 is 0 Å². The van der Waals surface area contributed by atoms with E-state index in [-0.39, 0.29) is 16.9 Å². The maximum Gasteiger partial charge on any atom is 0.243 e. The third kappa shape index (κ3) is 4.45. The lowest BCUT2D eigenvalue weighted by Gasteiger charge is -2.21. The van der Waals surface area contributed by atoms with Gasteiger partial charge in [-0.25, -0.2) is 8.42 Å². The molecule has 0 bridgehead atoms. The van der Waals surface area contributed by atoms with Crippen LogP contribution < -0.4 is 4.74 Å². The molecular weight excluding hydrogens is 316 g/mol. The smallest absolute Gasteiger partial charge is 0.243 e. The zero-order valence-corrected chi connectivity index (χ0v) is 14.7. The Bertz CT molecular complexity index is 641. The fourth-order valence-corrected chi connectivity index (χ4v) is 4.03. The van der Waals surface area contributed by atoms with Gasteiger partial charge in [0.2, 0.25) is 15.9 Å². The lowest BCUT2D eigenvalue weighted by molar-refractivity contribution is -0.128. The molecule has 0 aliphatic carbocycles. The van der Waals surface area contributed by atoms with Crippen molar-refractivity contribution in [3.8, 4) is 5.75 Å². The van der Waals surface area contributed by atoms with Gasteiger partial charge in [-0.3, -0.25) is 4.79 Å². The van der Waals surface area contributed by atoms with E-state index in [1.807, 2.05) is 13.8 Å². The molecule has 128 valence electrons. The van der Waals surface area contributed by atoms with Crippen molar-refractivity contribution in [1.82, 2.24) is 9.21 Å². The molecule has 0 radical (unpaired) electrons. The molecule has 1 aromatic carbocycles. The second kappa shape index (κ2) is 7.31. The van der Waals surface area contributed by atoms with Gasteiger partial charge in [-0.1, -0.05) is 0 Å². The molecule has 23 heavy (non-hydrogen) atoms. The third-order valence-electron chi connectivity index (χ3n) is 3.73. The Hall–Kier alpha value is -1.60. The van der Waals surface area contributed by atoms with E-state index < -0.39 is 10.0 Å². The van der Waals surface area contributed by atoms with Gasteiger partial charge in [-0.05, 0) is 44.5 Å². The van der Waals surface area contributed by atoms with E-state index in [4.69, 9.17) is 4.74 Å². The highest BCUT2D eigenvalue weighted by Crippen LogP contribution is 2.21. The van der Waals surface area contributed by atoms with Crippen LogP contribution in [0.25, 0.3) is 0 Å². The zero-order valence-electron chi connectivity index (χ0n) is 13.9. The first-order chi connectivity index (χ1) is 10.8. The predicted octanol–water partition coefficient (Wildman–Crippen LogP) is 1.72. The van der Waals surface area contributed by atoms with E-state index in [1.54, 1.807) is 29.2 Å². The summed E-state index contributed by atoms with van der Waals surface area (Å²) in [6, 6.07) is 6.49. The Labute approximate surface area is 138 Å². The van der Waals surface area contributed by atoms with Crippen LogP contribution in [0.4, 0.5) is 0 Å². The number of rotatable bonds is 4. The number of hydrogen-bond acceptors (Lipinski definition) is 4. The van der Waals surface area contributed by atoms with E-state index in [1.165, 1.54) is 11.2 Å². The lowest BCUT2D eigenvalue weighted by Crippen LogP contribution is -2.36. The maximum atomic E-state index is 12.7. The molecule has 1 aromatic rings. The molecule has 2 rings (SSSR count). The third-order valence-corrected chi connectivity index (χ3v) is 5.65. The first-order valence-electron chi connectivity index (χ1n) is 7.83. The van der Waals surface area contributed by atoms with Gasteiger partial charge in [-0.2, -0.15) is 4.31 Å². The Morgan fingerprint density at radius 1 is 1.09 bits per heavy atom. The number of nitrogens with zero attached hydrogens (tertiary/aromatic N) is 2. The summed E-state index contributed by atoms with van der Waals surface area (Å²) in [5.41, 5.74) is 0. The van der Waals surface area contributed by atoms with Gasteiger partial charge in [0.1, 0.15) is 5.75 Å². The molecule has 1 fully saturated rings. The number of carbonyl (C=O) groups is 1. The number of sulfonamides is 1. The summed E-state index contributed by atoms with van der Waals surface area (Å²) in [6.45, 7) is 7.14. The molecule has 1 saturated heterocycles. The topological polar surface area (TPSA) is 66.9 Å². The molecule has 1 aliphatic rings. The average molecular weight is 340 g/mol. The van der Waals surface area contributed by atoms with Crippen molar-refractivity contribution >= 4 is 15.9 Å². The van der Waals surface area contributed by atoms with Crippen molar-refractivity contribution in [3.63, 3.8) is 0 Å². The standard InChI is InChI=1S/C16H24N2O4S/c1-13(2)22-15-5-7-16(8-6-15)23(20,21)18-10-4-9-17(11-12-18)14(3)19/h5-8,13H,4,9-12H2,1-3H3. The van der Waals surface area contributed by atoms with Crippen LogP contribution in [0.3, 0.4) is 0 Å². The Morgan fingerprint density at radius 3 is 2.30 bits per heavy atom. The molecule has 0 saturated carbocycles. The summed E-state index contributed by atoms with van der Waals surface area (Å²) in [7, 11) is -3.54. The summed E-state index contributed by atoms with van der Waals surface area (Å²) in [5.74, 6) is 0.636. The second-order valence-corrected chi connectivity index (χ2v) is 7.84. The molecule has 0 spiro atoms. The molecule has 0 unspecified atom stereocenters. The minimum atomic E-state index is -3.54. The van der Waals surface area contributed by atoms with Crippen LogP contribution in [0, 0.1) is 0 Å². The molecular formula is C16H24N2O4S. The van der Waals surface area contributed by atoms with Gasteiger partial charge in [0.05, 0.1) is 11.0 Å². The van der Waals surface area contributed by atoms with Gasteiger partial charge < -0.3 is 9.64 Å². The van der Waals surface area contributed by atoms with Crippen molar-refractivity contribution in [1.29, 1.82) is 0 Å². The van der Waals surface area contributed by atoms with Crippen molar-refractivity contribution < 1.29 is 17.9 Å². The first kappa shape index (κ1) is 17.7. The van der Waals surface area contributed by atoms with Gasteiger partial charge in [0.25, 0.3) is 0 Å². The second-order valence-electron chi connectivity index (χ2n) is 5.90. The minimum Gasteiger partial charge on any atom is -0.491 e. The number of hydrogen-bond donors (Lipinski definition) is 0. The van der Waals surface area contributed by atoms with E-state index in [0.717, 1.165) is 0 Å². The maximum absolute atomic E-state index is 12.7. The normalized spacial score (nSPS) is 17.1. The predicted molar refractivity (Wildman–Crippen MR) is 87.8 cm³/mol. The molecule has 0 N–H and O–H groups in total. The van der Waals surface area contributed by atoms with Gasteiger partial charge >= 0.3 is 0 Å². The summed E-state index contributed by atoms with van der Waals surface area (Å²) in [4.78, 5) is 13.4. The number of carbonyl (C=O) groups excluding carboxylic acids is 1. The largest absolute Gasteiger partial charge is 0.491 e. The monoisotopic (exact) mass is 340 g/mol. The van der Waals surface area contributed by atoms with E-state index in [0.29, 0.717) is 38.3 Å². The highest BCUT2D eigenvalue weighted by Gasteiger charge is 2.27. The molecule has 1 amide bonds. The minimum absolute atomic E-state index is 0.0144. The van der Waals surface area contributed by atoms with Crippen LogP contribution in [0.1, 0.15) is 27.2 Å². The quantitative estimate of drug-likeness (QED) is 0.837. The van der Waals surface area contributed by atoms with Crippen LogP contribution in [0.5, 0.6) is 5.75 Å². The van der Waals surface area contributed by atoms with E-state index in [9.17, 15) is 13.2 Å². The Balaban J connectivity index is 2.13. The van der Waals surface area contributed by atoms with Crippen molar-refractivity contribution in [3.05, 3.63) is 24.3 Å². The summed E-state index contributed by atoms with van der Waals surface area (Å²) in [6.07, 6.45) is 0.688. The molecule has 0 aromatic heterocycles. The number of ether oxygens (including phenoxy) is 1. The highest BCUT2D eigenvalue weighted by atomic mass is 32.2. The zero-order chi connectivity index (χ0) is 17.0. The lowest BCUT2D eigenvalue weighted by atomic mass is 10.3. The van der Waals surface area contributed by atoms with Crippen molar-refractivity contribution in [2.24, 2.45) is 0 Å². The summed E-state index contributed by atoms with van der Waals surface area (Å²) >= 11 is 0. The molecule has 7 heteroatoms. The van der Waals surface area contributed by atoms with Crippen LogP contribution in [-0.4, -0.2) is 55.8 Å². The van der Waals surface area contributed by atoms with Gasteiger partial charge in [0.15, 0.2) is 0 Å². The SMILES string of the molecule is CC(=O)N1CCCN(S(=O)(=O)c2ccc(OC(C)C)cc2)CC1. The van der Waals surface area contributed by atoms with Crippen molar-refractivity contribution in [2.75, 3.05) is 26.2 Å². The molecule has 6 nitrogen and oxygen atoms in total. The van der Waals surface area contributed by atoms with Gasteiger partial charge in [0, 0.05) is 33.1 Å². The highest BCUT2D eigenvalue weighted by molar-refractivity contribution is 7.89. The van der Waals surface area contributed by atoms with E-state index >= 15 is 0 Å². The van der Waals surface area contributed by atoms with Crippen molar-refractivity contribution in [2.45, 2.75) is 38.2 Å². The molecule has 1 heterocycles. The summed E-state index contributed by atoms with van der Waals surface area (Å²) in [5, 5.41) is 0. The van der Waals surface area contributed by atoms with Gasteiger partial charge in [-0.15, -0.1) is 0 Å². The van der Waals surface area contributed by atoms with Crippen LogP contribution in [0.15, 0.2) is 29.2 Å². The number of amides is 1. The average Bonchev–Trinajstić information content (AvgIpc) is 2.73. The van der Waals surface area contributed by atoms with Crippen LogP contribution in [0.2, 0.25) is 0 Å². The summed E-state index contributed by atoms with van der Waals surface area (Å²) < 4.78 is 32.5. The van der Waals surface area contributed by atoms with Crippen LogP contribution in [-0.2, 0) is 14.8 Å².